The Morgan fingerprint density at radius 2 is 0.479 bits per heavy atom. The average molecular weight is 2510 g/mol. The molecule has 3 aromatic heterocycles. The predicted molar refractivity (Wildman–Crippen MR) is 617 cm³/mol. The van der Waals surface area contributed by atoms with Gasteiger partial charge in [0.05, 0.1) is 0 Å². The molecule has 0 aliphatic heterocycles. The zero-order valence-electron chi connectivity index (χ0n) is 93.3. The SMILES string of the molecule is CC(C)(C)c1cc(Br)cc(C(C)(C)C)c1O.CC(C)(C)c1cc(C(C)(C)C)c(O)c(C(C)(C)C)c1.CC(C)c1cccc(C(C)C)c1[N]=[W]=[CH]C(C)(C)c1ccccc1.CC(C)c1cccc(C(C)C)c1[N]=[W]=[CH]C(C)(C)c1ccccc1.CC(C)c1cccc(C(C)C)c1[N]=[W]=[CH]C(C)(C)c1ccccc1.CN(C)c1cc(-c2ccccc2)c(O)c(-c2ccccc2)c1.c1cc[n-]c1.c1cc[n-]c1.c1cc[n-]c1. The van der Waals surface area contributed by atoms with Crippen molar-refractivity contribution in [2.45, 2.75) is 307 Å². The van der Waals surface area contributed by atoms with Crippen molar-refractivity contribution < 1.29 is 69.1 Å². The Bertz CT molecular complexity index is 5720. The summed E-state index contributed by atoms with van der Waals surface area (Å²) < 4.78 is 24.0. The number of benzene rings is 11. The van der Waals surface area contributed by atoms with E-state index in [2.05, 4.69) is 435 Å². The fraction of sp³-hybridized carbons (Fsp3) is 0.377. The van der Waals surface area contributed by atoms with Crippen LogP contribution < -0.4 is 19.9 Å². The Balaban J connectivity index is 0.000000257. The predicted octanol–water partition coefficient (Wildman–Crippen LogP) is 36.6. The van der Waals surface area contributed by atoms with Crippen LogP contribution in [-0.4, -0.2) is 42.6 Å². The van der Waals surface area contributed by atoms with E-state index in [-0.39, 0.29) is 43.3 Å². The number of halogens is 1. The van der Waals surface area contributed by atoms with Gasteiger partial charge in [-0.3, -0.25) is 0 Å². The molecule has 0 bridgehead atoms. The molecule has 0 radical (unpaired) electrons. The first-order valence-corrected chi connectivity index (χ1v) is 60.5. The maximum absolute atomic E-state index is 10.8. The minimum Gasteiger partial charge on any atom is -0.670 e. The number of rotatable bonds is 18. The van der Waals surface area contributed by atoms with Crippen LogP contribution in [0.1, 0.15) is 342 Å². The molecule has 10 nitrogen and oxygen atoms in total. The first-order valence-electron chi connectivity index (χ1n) is 50.7. The Kier molecular flexibility index (Phi) is 48.9. The summed E-state index contributed by atoms with van der Waals surface area (Å²) in [6, 6.07) is 96.0. The van der Waals surface area contributed by atoms with Crippen molar-refractivity contribution in [3.05, 3.63) is 399 Å². The van der Waals surface area contributed by atoms with Gasteiger partial charge in [0.25, 0.3) is 0 Å². The van der Waals surface area contributed by atoms with E-state index in [0.717, 1.165) is 54.7 Å². The van der Waals surface area contributed by atoms with E-state index in [0.29, 0.717) is 52.8 Å². The van der Waals surface area contributed by atoms with Crippen LogP contribution in [0.15, 0.2) is 331 Å². The van der Waals surface area contributed by atoms with Gasteiger partial charge in [-0.2, -0.15) is 37.2 Å². The molecule has 0 amide bonds. The molecule has 0 spiro atoms. The minimum atomic E-state index is -0.918. The molecular formula is C130H169BrN7O3W3-3. The second-order valence-electron chi connectivity index (χ2n) is 45.5. The number of phenols is 3. The second kappa shape index (κ2) is 57.4. The molecule has 0 saturated carbocycles. The Morgan fingerprint density at radius 3 is 0.667 bits per heavy atom. The van der Waals surface area contributed by atoms with Crippen molar-refractivity contribution in [3.63, 3.8) is 0 Å². The molecule has 14 heteroatoms. The molecule has 144 heavy (non-hydrogen) atoms. The molecular weight excluding hydrogens is 2340 g/mol. The van der Waals surface area contributed by atoms with Gasteiger partial charge in [-0.15, -0.1) is 0 Å². The van der Waals surface area contributed by atoms with Crippen molar-refractivity contribution in [3.8, 4) is 39.5 Å². The van der Waals surface area contributed by atoms with Crippen LogP contribution in [0.4, 0.5) is 22.7 Å². The van der Waals surface area contributed by atoms with Gasteiger partial charge in [0, 0.05) is 46.5 Å². The van der Waals surface area contributed by atoms with Crippen LogP contribution in [-0.2, 0) is 97.1 Å². The molecule has 14 aromatic rings. The number of hydrogen-bond donors (Lipinski definition) is 3. The average Bonchev–Trinajstić information content (AvgIpc) is 1.11. The summed E-state index contributed by atoms with van der Waals surface area (Å²) in [5.41, 5.74) is 26.7. The topological polar surface area (TPSA) is 143 Å². The van der Waals surface area contributed by atoms with Crippen LogP contribution in [0.25, 0.3) is 22.3 Å². The Labute approximate surface area is 902 Å². The van der Waals surface area contributed by atoms with Crippen LogP contribution in [0.2, 0.25) is 0 Å². The molecule has 3 N–H and O–H groups in total. The maximum atomic E-state index is 10.8. The smallest absolute Gasteiger partial charge is 0.131 e. The van der Waals surface area contributed by atoms with Gasteiger partial charge in [-0.1, -0.05) is 229 Å². The monoisotopic (exact) mass is 2510 g/mol. The quantitative estimate of drug-likeness (QED) is 0.0776. The summed E-state index contributed by atoms with van der Waals surface area (Å²) in [5, 5.41) is 31.8. The summed E-state index contributed by atoms with van der Waals surface area (Å²) in [6.07, 6.45) is 10.5. The van der Waals surface area contributed by atoms with E-state index in [1.165, 1.54) is 72.7 Å². The van der Waals surface area contributed by atoms with Gasteiger partial charge < -0.3 is 35.2 Å². The molecule has 0 atom stereocenters. The molecule has 0 unspecified atom stereocenters. The van der Waals surface area contributed by atoms with E-state index < -0.39 is 53.8 Å². The molecule has 3 heterocycles. The summed E-state index contributed by atoms with van der Waals surface area (Å²) in [6.45, 7) is 73.2. The van der Waals surface area contributed by atoms with E-state index >= 15 is 0 Å². The van der Waals surface area contributed by atoms with E-state index in [1.54, 1.807) is 37.2 Å². The molecule has 0 fully saturated rings. The summed E-state index contributed by atoms with van der Waals surface area (Å²) in [7, 11) is 4.02. The van der Waals surface area contributed by atoms with Gasteiger partial charge in [-0.05, 0) is 79.2 Å². The van der Waals surface area contributed by atoms with Crippen molar-refractivity contribution in [2.75, 3.05) is 19.0 Å². The zero-order valence-corrected chi connectivity index (χ0v) is 104. The minimum absolute atomic E-state index is 0.0478. The Hall–Kier alpha value is -9.99. The van der Waals surface area contributed by atoms with Crippen LogP contribution >= 0.6 is 15.9 Å². The molecule has 0 saturated heterocycles. The molecule has 0 aliphatic rings. The molecule has 0 aliphatic carbocycles. The van der Waals surface area contributed by atoms with Crippen molar-refractivity contribution >= 4 is 51.9 Å². The van der Waals surface area contributed by atoms with Crippen LogP contribution in [0.3, 0.4) is 0 Å². The molecule has 14 rings (SSSR count). The zero-order chi connectivity index (χ0) is 107. The third-order valence-electron chi connectivity index (χ3n) is 24.5. The first kappa shape index (κ1) is 123. The van der Waals surface area contributed by atoms with Gasteiger partial charge in [-0.25, -0.2) is 0 Å². The molecule has 11 aromatic carbocycles. The largest absolute Gasteiger partial charge is 0.670 e. The number of anilines is 1. The number of phenolic OH excluding ortho intramolecular Hbond substituents is 3. The van der Waals surface area contributed by atoms with Crippen LogP contribution in [0.5, 0.6) is 17.2 Å². The summed E-state index contributed by atoms with van der Waals surface area (Å²) >= 11 is 0.766. The van der Waals surface area contributed by atoms with Gasteiger partial charge in [0.2, 0.25) is 0 Å². The summed E-state index contributed by atoms with van der Waals surface area (Å²) in [5.74, 6) is 4.32. The van der Waals surface area contributed by atoms with Crippen molar-refractivity contribution in [1.82, 2.24) is 15.0 Å². The van der Waals surface area contributed by atoms with Crippen molar-refractivity contribution in [2.24, 2.45) is 10.5 Å². The van der Waals surface area contributed by atoms with Crippen LogP contribution in [0, 0.1) is 0 Å². The standard InChI is InChI=1S/C20H19NO.C18H30O.C14H21BrO.3C12H17N.3C10H12.3C4H4N.3W/c1-21(2)17-13-18(15-9-5-3-6-10-15)20(22)19(14-17)16-11-7-4-8-12-16;1-16(2,3)12-10-13(17(4,5)6)15(19)14(11-12)18(7,8)9;1-13(2,3)10-7-9(15)8-11(12(10)16)14(4,5)6;3*1-8(2)10-6-5-7-11(9(3)4)12(10)13;3*1-10(2,3)9-7-5-4-6-8-9;3*1-2-4-5-3-1;;;/h3-14,22H,1-2H3;10-11,19H,1-9H3;7-8,16H,1-6H3;3*5-9H,1-4H3;3*1,4-8H,2-3H3;3*1-4H;;;/q;;;;;;;;;3*-1;;;. The number of nitrogens with zero attached hydrogens (tertiary/aromatic N) is 7. The second-order valence-corrected chi connectivity index (χ2v) is 53.2. The fourth-order valence-electron chi connectivity index (χ4n) is 15.5. The number of aromatic hydroxyl groups is 3. The van der Waals surface area contributed by atoms with Gasteiger partial charge in [0.15, 0.2) is 0 Å². The Morgan fingerprint density at radius 1 is 0.264 bits per heavy atom. The van der Waals surface area contributed by atoms with E-state index in [4.69, 9.17) is 10.5 Å². The van der Waals surface area contributed by atoms with Gasteiger partial charge in [0.1, 0.15) is 17.2 Å². The number of hydrogen-bond acceptors (Lipinski definition) is 7. The number of aromatic nitrogens is 3. The first-order chi connectivity index (χ1) is 67.4. The molecule has 770 valence electrons. The summed E-state index contributed by atoms with van der Waals surface area (Å²) in [4.78, 5) is 13.2. The normalized spacial score (nSPS) is 11.5. The van der Waals surface area contributed by atoms with E-state index in [1.807, 2.05) is 135 Å². The third kappa shape index (κ3) is 39.3. The van der Waals surface area contributed by atoms with Gasteiger partial charge >= 0.3 is 467 Å². The fourth-order valence-corrected chi connectivity index (χ4v) is 24.3. The third-order valence-corrected chi connectivity index (χ3v) is 35.5. The maximum Gasteiger partial charge on any atom is 0.131 e. The van der Waals surface area contributed by atoms with Crippen molar-refractivity contribution in [1.29, 1.82) is 0 Å². The van der Waals surface area contributed by atoms with E-state index in [9.17, 15) is 15.3 Å².